The summed E-state index contributed by atoms with van der Waals surface area (Å²) in [6.07, 6.45) is 0. The van der Waals surface area contributed by atoms with Gasteiger partial charge in [-0.05, 0) is 69.1 Å². The molecule has 2 heterocycles. The van der Waals surface area contributed by atoms with E-state index in [9.17, 15) is 0 Å². The molecule has 0 saturated heterocycles. The van der Waals surface area contributed by atoms with E-state index >= 15 is 0 Å². The number of benzene rings is 7. The topological polar surface area (TPSA) is 38.7 Å². The lowest BCUT2D eigenvalue weighted by atomic mass is 10.0. The molecule has 0 radical (unpaired) electrons. The second kappa shape index (κ2) is 10.5. The maximum Gasteiger partial charge on any atom is 0.164 e. The normalized spacial score (nSPS) is 11.6. The monoisotopic (exact) mass is 591 g/mol. The standard InChI is InChI=1S/C41H25N3S/c1-2-10-26(11-3-1)28-16-8-17-31(22-28)39-42-40(44-41(43-39)34-19-9-15-27-12-6-7-18-33(27)34)32-20-21-37-35(24-32)36-23-29-13-4-5-14-30(29)25-38(36)45-37/h1-25H. The van der Waals surface area contributed by atoms with E-state index in [0.717, 1.165) is 38.6 Å². The van der Waals surface area contributed by atoms with Gasteiger partial charge in [-0.25, -0.2) is 15.0 Å². The molecule has 0 N–H and O–H groups in total. The quantitative estimate of drug-likeness (QED) is 0.204. The van der Waals surface area contributed by atoms with Crippen molar-refractivity contribution < 1.29 is 0 Å². The van der Waals surface area contributed by atoms with Gasteiger partial charge in [0.25, 0.3) is 0 Å². The minimum absolute atomic E-state index is 0.655. The third-order valence-electron chi connectivity index (χ3n) is 8.49. The van der Waals surface area contributed by atoms with Gasteiger partial charge in [0, 0.05) is 36.9 Å². The van der Waals surface area contributed by atoms with Crippen LogP contribution < -0.4 is 0 Å². The molecule has 9 rings (SSSR count). The van der Waals surface area contributed by atoms with E-state index in [1.54, 1.807) is 0 Å². The molecule has 45 heavy (non-hydrogen) atoms. The largest absolute Gasteiger partial charge is 0.208 e. The van der Waals surface area contributed by atoms with Crippen molar-refractivity contribution in [3.05, 3.63) is 152 Å². The van der Waals surface area contributed by atoms with Gasteiger partial charge in [-0.1, -0.05) is 115 Å². The van der Waals surface area contributed by atoms with Crippen LogP contribution in [-0.2, 0) is 0 Å². The fourth-order valence-electron chi connectivity index (χ4n) is 6.24. The van der Waals surface area contributed by atoms with Crippen molar-refractivity contribution in [1.29, 1.82) is 0 Å². The van der Waals surface area contributed by atoms with Crippen molar-refractivity contribution in [2.45, 2.75) is 0 Å². The van der Waals surface area contributed by atoms with E-state index < -0.39 is 0 Å². The molecule has 3 nitrogen and oxygen atoms in total. The minimum atomic E-state index is 0.655. The Hall–Kier alpha value is -5.71. The van der Waals surface area contributed by atoms with Gasteiger partial charge in [0.15, 0.2) is 17.5 Å². The van der Waals surface area contributed by atoms with Crippen LogP contribution in [0.25, 0.3) is 87.0 Å². The number of rotatable bonds is 4. The summed E-state index contributed by atoms with van der Waals surface area (Å²) in [7, 11) is 0. The molecular formula is C41H25N3S. The van der Waals surface area contributed by atoms with Gasteiger partial charge < -0.3 is 0 Å². The Morgan fingerprint density at radius 2 is 0.933 bits per heavy atom. The highest BCUT2D eigenvalue weighted by molar-refractivity contribution is 7.25. The minimum Gasteiger partial charge on any atom is -0.208 e. The summed E-state index contributed by atoms with van der Waals surface area (Å²) in [5, 5.41) is 7.26. The van der Waals surface area contributed by atoms with Crippen LogP contribution in [0.15, 0.2) is 152 Å². The summed E-state index contributed by atoms with van der Waals surface area (Å²) in [6.45, 7) is 0. The van der Waals surface area contributed by atoms with Crippen LogP contribution in [-0.4, -0.2) is 15.0 Å². The van der Waals surface area contributed by atoms with Crippen LogP contribution in [0, 0.1) is 0 Å². The molecule has 210 valence electrons. The first kappa shape index (κ1) is 25.8. The lowest BCUT2D eigenvalue weighted by Crippen LogP contribution is -2.00. The average molecular weight is 592 g/mol. The molecule has 0 bridgehead atoms. The summed E-state index contributed by atoms with van der Waals surface area (Å²) in [5.41, 5.74) is 5.20. The van der Waals surface area contributed by atoms with E-state index in [1.807, 2.05) is 17.4 Å². The molecule has 0 spiro atoms. The maximum absolute atomic E-state index is 5.13. The first-order valence-electron chi connectivity index (χ1n) is 15.0. The van der Waals surface area contributed by atoms with E-state index in [1.165, 1.54) is 30.9 Å². The number of hydrogen-bond acceptors (Lipinski definition) is 4. The molecule has 0 aliphatic carbocycles. The summed E-state index contributed by atoms with van der Waals surface area (Å²) in [6, 6.07) is 53.3. The van der Waals surface area contributed by atoms with Gasteiger partial charge in [-0.3, -0.25) is 0 Å². The third-order valence-corrected chi connectivity index (χ3v) is 9.62. The molecular weight excluding hydrogens is 567 g/mol. The van der Waals surface area contributed by atoms with Crippen molar-refractivity contribution in [2.24, 2.45) is 0 Å². The summed E-state index contributed by atoms with van der Waals surface area (Å²) in [5.74, 6) is 1.98. The Balaban J connectivity index is 1.26. The van der Waals surface area contributed by atoms with E-state index in [0.29, 0.717) is 17.5 Å². The van der Waals surface area contributed by atoms with Gasteiger partial charge in [-0.15, -0.1) is 11.3 Å². The molecule has 7 aromatic carbocycles. The number of thiophene rings is 1. The van der Waals surface area contributed by atoms with Crippen LogP contribution in [0.2, 0.25) is 0 Å². The molecule has 2 aromatic heterocycles. The number of hydrogen-bond donors (Lipinski definition) is 0. The molecule has 0 saturated carbocycles. The van der Waals surface area contributed by atoms with Gasteiger partial charge in [0.05, 0.1) is 0 Å². The van der Waals surface area contributed by atoms with Crippen molar-refractivity contribution in [3.8, 4) is 45.3 Å². The molecule has 0 atom stereocenters. The molecule has 0 amide bonds. The second-order valence-electron chi connectivity index (χ2n) is 11.3. The third kappa shape index (κ3) is 4.55. The van der Waals surface area contributed by atoms with Crippen LogP contribution in [0.1, 0.15) is 0 Å². The van der Waals surface area contributed by atoms with E-state index in [2.05, 4.69) is 146 Å². The summed E-state index contributed by atoms with van der Waals surface area (Å²) >= 11 is 1.83. The highest BCUT2D eigenvalue weighted by atomic mass is 32.1. The summed E-state index contributed by atoms with van der Waals surface area (Å²) < 4.78 is 2.54. The highest BCUT2D eigenvalue weighted by Crippen LogP contribution is 2.39. The Morgan fingerprint density at radius 1 is 0.333 bits per heavy atom. The number of nitrogens with zero attached hydrogens (tertiary/aromatic N) is 3. The Bertz CT molecular complexity index is 2540. The zero-order valence-corrected chi connectivity index (χ0v) is 25.0. The SMILES string of the molecule is c1ccc(-c2cccc(-c3nc(-c4ccc5sc6cc7ccccc7cc6c5c4)nc(-c4cccc5ccccc45)n3)c2)cc1. The smallest absolute Gasteiger partial charge is 0.164 e. The Morgan fingerprint density at radius 3 is 1.78 bits per heavy atom. The molecule has 9 aromatic rings. The molecule has 0 aliphatic rings. The average Bonchev–Trinajstić information content (AvgIpc) is 3.47. The zero-order chi connectivity index (χ0) is 29.7. The first-order chi connectivity index (χ1) is 22.3. The predicted molar refractivity (Wildman–Crippen MR) is 189 cm³/mol. The number of aromatic nitrogens is 3. The molecule has 0 unspecified atom stereocenters. The van der Waals surface area contributed by atoms with E-state index in [4.69, 9.17) is 15.0 Å². The predicted octanol–water partition coefficient (Wildman–Crippen LogP) is 11.2. The van der Waals surface area contributed by atoms with Gasteiger partial charge in [0.2, 0.25) is 0 Å². The van der Waals surface area contributed by atoms with Crippen molar-refractivity contribution in [2.75, 3.05) is 0 Å². The van der Waals surface area contributed by atoms with Crippen molar-refractivity contribution in [3.63, 3.8) is 0 Å². The highest BCUT2D eigenvalue weighted by Gasteiger charge is 2.16. The zero-order valence-electron chi connectivity index (χ0n) is 24.2. The fraction of sp³-hybridized carbons (Fsp3) is 0. The van der Waals surface area contributed by atoms with Crippen molar-refractivity contribution >= 4 is 53.1 Å². The Labute approximate surface area is 264 Å². The fourth-order valence-corrected chi connectivity index (χ4v) is 7.36. The van der Waals surface area contributed by atoms with Crippen LogP contribution in [0.3, 0.4) is 0 Å². The molecule has 0 aliphatic heterocycles. The van der Waals surface area contributed by atoms with Gasteiger partial charge in [-0.2, -0.15) is 0 Å². The van der Waals surface area contributed by atoms with Crippen LogP contribution >= 0.6 is 11.3 Å². The lowest BCUT2D eigenvalue weighted by Gasteiger charge is -2.11. The van der Waals surface area contributed by atoms with Gasteiger partial charge >= 0.3 is 0 Å². The maximum atomic E-state index is 5.13. The molecule has 0 fully saturated rings. The van der Waals surface area contributed by atoms with Gasteiger partial charge in [0.1, 0.15) is 0 Å². The Kier molecular flexibility index (Phi) is 6.00. The number of fused-ring (bicyclic) bond motifs is 5. The van der Waals surface area contributed by atoms with Crippen LogP contribution in [0.5, 0.6) is 0 Å². The van der Waals surface area contributed by atoms with E-state index in [-0.39, 0.29) is 0 Å². The summed E-state index contributed by atoms with van der Waals surface area (Å²) in [4.78, 5) is 15.3. The second-order valence-corrected chi connectivity index (χ2v) is 12.4. The molecule has 4 heteroatoms. The van der Waals surface area contributed by atoms with Crippen LogP contribution in [0.4, 0.5) is 0 Å². The first-order valence-corrected chi connectivity index (χ1v) is 15.8. The lowest BCUT2D eigenvalue weighted by molar-refractivity contribution is 1.08. The van der Waals surface area contributed by atoms with Crippen molar-refractivity contribution in [1.82, 2.24) is 15.0 Å².